The minimum atomic E-state index is -0.310. The lowest BCUT2D eigenvalue weighted by molar-refractivity contribution is -0.384. The molecule has 3 rings (SSSR count). The van der Waals surface area contributed by atoms with Crippen LogP contribution >= 0.6 is 0 Å². The standard InChI is InChI=1S/C17H18N2O2/c1-11-9-16(17(19(20)21)10-12(11)2)18-15-8-7-13-5-3-4-6-14(13)15/h3-6,9-10,15,18H,7-8H2,1-2H3. The zero-order valence-electron chi connectivity index (χ0n) is 12.2. The van der Waals surface area contributed by atoms with Crippen molar-refractivity contribution in [1.82, 2.24) is 0 Å². The zero-order valence-corrected chi connectivity index (χ0v) is 12.2. The maximum atomic E-state index is 11.3. The third kappa shape index (κ3) is 2.49. The second kappa shape index (κ2) is 5.20. The topological polar surface area (TPSA) is 55.2 Å². The van der Waals surface area contributed by atoms with Crippen molar-refractivity contribution in [3.05, 3.63) is 68.8 Å². The van der Waals surface area contributed by atoms with E-state index in [-0.39, 0.29) is 16.7 Å². The van der Waals surface area contributed by atoms with E-state index in [0.29, 0.717) is 5.69 Å². The van der Waals surface area contributed by atoms with Gasteiger partial charge in [-0.3, -0.25) is 10.1 Å². The van der Waals surface area contributed by atoms with Crippen molar-refractivity contribution < 1.29 is 4.92 Å². The molecule has 0 aliphatic heterocycles. The molecule has 1 aliphatic rings. The summed E-state index contributed by atoms with van der Waals surface area (Å²) in [6.07, 6.45) is 2.00. The Bertz CT molecular complexity index is 710. The van der Waals surface area contributed by atoms with Gasteiger partial charge in [-0.25, -0.2) is 0 Å². The third-order valence-electron chi connectivity index (χ3n) is 4.27. The first-order valence-corrected chi connectivity index (χ1v) is 7.16. The van der Waals surface area contributed by atoms with Crippen LogP contribution < -0.4 is 5.32 Å². The van der Waals surface area contributed by atoms with E-state index in [4.69, 9.17) is 0 Å². The van der Waals surface area contributed by atoms with Gasteiger partial charge in [-0.2, -0.15) is 0 Å². The van der Waals surface area contributed by atoms with Gasteiger partial charge < -0.3 is 5.32 Å². The number of fused-ring (bicyclic) bond motifs is 1. The average molecular weight is 282 g/mol. The van der Waals surface area contributed by atoms with Crippen molar-refractivity contribution in [3.8, 4) is 0 Å². The number of aryl methyl sites for hydroxylation is 3. The highest BCUT2D eigenvalue weighted by atomic mass is 16.6. The first-order valence-electron chi connectivity index (χ1n) is 7.16. The largest absolute Gasteiger partial charge is 0.373 e. The monoisotopic (exact) mass is 282 g/mol. The molecule has 0 aromatic heterocycles. The third-order valence-corrected chi connectivity index (χ3v) is 4.27. The highest BCUT2D eigenvalue weighted by Gasteiger charge is 2.24. The molecule has 0 fully saturated rings. The first-order chi connectivity index (χ1) is 10.1. The Labute approximate surface area is 124 Å². The molecule has 4 heteroatoms. The fourth-order valence-corrected chi connectivity index (χ4v) is 2.96. The fraction of sp³-hybridized carbons (Fsp3) is 0.294. The Morgan fingerprint density at radius 3 is 2.67 bits per heavy atom. The van der Waals surface area contributed by atoms with Crippen LogP contribution in [-0.2, 0) is 6.42 Å². The molecule has 0 saturated heterocycles. The Morgan fingerprint density at radius 2 is 1.90 bits per heavy atom. The molecule has 1 aliphatic carbocycles. The highest BCUT2D eigenvalue weighted by Crippen LogP contribution is 2.37. The van der Waals surface area contributed by atoms with Gasteiger partial charge in [0.25, 0.3) is 5.69 Å². The molecule has 2 aromatic rings. The summed E-state index contributed by atoms with van der Waals surface area (Å²) in [5.74, 6) is 0. The van der Waals surface area contributed by atoms with E-state index in [1.807, 2.05) is 32.0 Å². The molecule has 0 heterocycles. The van der Waals surface area contributed by atoms with E-state index in [9.17, 15) is 10.1 Å². The van der Waals surface area contributed by atoms with Crippen molar-refractivity contribution in [2.24, 2.45) is 0 Å². The van der Waals surface area contributed by atoms with Crippen molar-refractivity contribution in [3.63, 3.8) is 0 Å². The van der Waals surface area contributed by atoms with Crippen LogP contribution in [-0.4, -0.2) is 4.92 Å². The summed E-state index contributed by atoms with van der Waals surface area (Å²) in [4.78, 5) is 11.0. The van der Waals surface area contributed by atoms with E-state index in [1.54, 1.807) is 6.07 Å². The summed E-state index contributed by atoms with van der Waals surface area (Å²) in [6, 6.07) is 12.0. The molecule has 1 unspecified atom stereocenters. The Kier molecular flexibility index (Phi) is 3.37. The van der Waals surface area contributed by atoms with Crippen molar-refractivity contribution >= 4 is 11.4 Å². The molecule has 108 valence electrons. The summed E-state index contributed by atoms with van der Waals surface area (Å²) in [7, 11) is 0. The molecule has 21 heavy (non-hydrogen) atoms. The number of nitrogens with one attached hydrogen (secondary N) is 1. The van der Waals surface area contributed by atoms with Crippen molar-refractivity contribution in [2.75, 3.05) is 5.32 Å². The van der Waals surface area contributed by atoms with Gasteiger partial charge in [0.05, 0.1) is 11.0 Å². The number of benzene rings is 2. The molecule has 0 bridgehead atoms. The fourth-order valence-electron chi connectivity index (χ4n) is 2.96. The van der Waals surface area contributed by atoms with E-state index in [0.717, 1.165) is 24.0 Å². The molecule has 1 N–H and O–H groups in total. The minimum absolute atomic E-state index is 0.155. The van der Waals surface area contributed by atoms with Crippen LogP contribution in [0, 0.1) is 24.0 Å². The van der Waals surface area contributed by atoms with E-state index < -0.39 is 0 Å². The number of hydrogen-bond donors (Lipinski definition) is 1. The van der Waals surface area contributed by atoms with Gasteiger partial charge in [0, 0.05) is 6.07 Å². The second-order valence-corrected chi connectivity index (χ2v) is 5.65. The van der Waals surface area contributed by atoms with Gasteiger partial charge in [-0.05, 0) is 55.0 Å². The molecule has 0 radical (unpaired) electrons. The molecule has 0 saturated carbocycles. The Morgan fingerprint density at radius 1 is 1.19 bits per heavy atom. The predicted octanol–water partition coefficient (Wildman–Crippen LogP) is 4.31. The summed E-state index contributed by atoms with van der Waals surface area (Å²) in [5.41, 5.74) is 5.37. The van der Waals surface area contributed by atoms with Gasteiger partial charge in [0.15, 0.2) is 0 Å². The second-order valence-electron chi connectivity index (χ2n) is 5.65. The lowest BCUT2D eigenvalue weighted by Gasteiger charge is -2.16. The van der Waals surface area contributed by atoms with E-state index in [2.05, 4.69) is 17.4 Å². The van der Waals surface area contributed by atoms with Gasteiger partial charge in [-0.15, -0.1) is 0 Å². The molecular weight excluding hydrogens is 264 g/mol. The van der Waals surface area contributed by atoms with Crippen LogP contribution in [0.15, 0.2) is 36.4 Å². The average Bonchev–Trinajstić information content (AvgIpc) is 2.86. The smallest absolute Gasteiger partial charge is 0.292 e. The Hall–Kier alpha value is -2.36. The molecule has 2 aromatic carbocycles. The predicted molar refractivity (Wildman–Crippen MR) is 83.7 cm³/mol. The SMILES string of the molecule is Cc1cc(NC2CCc3ccccc32)c([N+](=O)[O-])cc1C. The van der Waals surface area contributed by atoms with Gasteiger partial charge >= 0.3 is 0 Å². The van der Waals surface area contributed by atoms with Crippen LogP contribution in [0.25, 0.3) is 0 Å². The maximum absolute atomic E-state index is 11.3. The Balaban J connectivity index is 1.96. The quantitative estimate of drug-likeness (QED) is 0.674. The van der Waals surface area contributed by atoms with E-state index in [1.165, 1.54) is 11.1 Å². The number of nitro benzene ring substituents is 1. The summed E-state index contributed by atoms with van der Waals surface area (Å²) < 4.78 is 0. The van der Waals surface area contributed by atoms with Crippen LogP contribution in [0.5, 0.6) is 0 Å². The first kappa shape index (κ1) is 13.6. The van der Waals surface area contributed by atoms with Crippen LogP contribution in [0.4, 0.5) is 11.4 Å². The molecule has 0 amide bonds. The van der Waals surface area contributed by atoms with Gasteiger partial charge in [0.1, 0.15) is 5.69 Å². The number of nitrogens with zero attached hydrogens (tertiary/aromatic N) is 1. The lowest BCUT2D eigenvalue weighted by atomic mass is 10.1. The summed E-state index contributed by atoms with van der Waals surface area (Å²) in [5, 5.41) is 14.6. The van der Waals surface area contributed by atoms with E-state index >= 15 is 0 Å². The number of nitro groups is 1. The number of hydrogen-bond acceptors (Lipinski definition) is 3. The molecular formula is C17H18N2O2. The van der Waals surface area contributed by atoms with Crippen molar-refractivity contribution in [1.29, 1.82) is 0 Å². The summed E-state index contributed by atoms with van der Waals surface area (Å²) in [6.45, 7) is 3.88. The lowest BCUT2D eigenvalue weighted by Crippen LogP contribution is -2.09. The summed E-state index contributed by atoms with van der Waals surface area (Å²) >= 11 is 0. The van der Waals surface area contributed by atoms with Crippen LogP contribution in [0.2, 0.25) is 0 Å². The number of rotatable bonds is 3. The maximum Gasteiger partial charge on any atom is 0.292 e. The number of anilines is 1. The highest BCUT2D eigenvalue weighted by molar-refractivity contribution is 5.65. The van der Waals surface area contributed by atoms with Gasteiger partial charge in [0.2, 0.25) is 0 Å². The normalized spacial score (nSPS) is 16.6. The minimum Gasteiger partial charge on any atom is -0.373 e. The molecule has 0 spiro atoms. The zero-order chi connectivity index (χ0) is 15.0. The van der Waals surface area contributed by atoms with Gasteiger partial charge in [-0.1, -0.05) is 24.3 Å². The van der Waals surface area contributed by atoms with Crippen molar-refractivity contribution in [2.45, 2.75) is 32.7 Å². The van der Waals surface area contributed by atoms with Crippen LogP contribution in [0.3, 0.4) is 0 Å². The molecule has 1 atom stereocenters. The molecule has 4 nitrogen and oxygen atoms in total. The van der Waals surface area contributed by atoms with Crippen LogP contribution in [0.1, 0.15) is 34.7 Å².